The number of halogens is 1. The first-order valence-electron chi connectivity index (χ1n) is 6.38. The Kier molecular flexibility index (Phi) is 3.69. The number of aryl methyl sites for hydroxylation is 1. The fraction of sp³-hybridized carbons (Fsp3) is 0.333. The topological polar surface area (TPSA) is 12.0 Å². The zero-order valence-corrected chi connectivity index (χ0v) is 11.7. The number of thiophene rings is 1. The van der Waals surface area contributed by atoms with Gasteiger partial charge in [-0.25, -0.2) is 0 Å². The van der Waals surface area contributed by atoms with Gasteiger partial charge in [-0.1, -0.05) is 35.9 Å². The van der Waals surface area contributed by atoms with Gasteiger partial charge in [0.05, 0.1) is 4.34 Å². The minimum Gasteiger partial charge on any atom is -0.305 e. The molecule has 0 bridgehead atoms. The summed E-state index contributed by atoms with van der Waals surface area (Å²) in [5.41, 5.74) is 2.98. The molecular weight excluding hydrogens is 262 g/mol. The summed E-state index contributed by atoms with van der Waals surface area (Å²) in [6, 6.07) is 13.4. The van der Waals surface area contributed by atoms with E-state index in [-0.39, 0.29) is 0 Å². The lowest BCUT2D eigenvalue weighted by molar-refractivity contribution is 0.461. The highest BCUT2D eigenvalue weighted by Gasteiger charge is 2.18. The minimum atomic E-state index is 0.496. The normalized spacial score (nSPS) is 18.6. The maximum absolute atomic E-state index is 5.95. The molecule has 0 saturated heterocycles. The van der Waals surface area contributed by atoms with E-state index in [0.717, 1.165) is 10.9 Å². The lowest BCUT2D eigenvalue weighted by Gasteiger charge is -2.26. The van der Waals surface area contributed by atoms with Crippen LogP contribution < -0.4 is 5.32 Å². The molecule has 0 fully saturated rings. The van der Waals surface area contributed by atoms with Gasteiger partial charge in [-0.2, -0.15) is 0 Å². The Balaban J connectivity index is 1.71. The van der Waals surface area contributed by atoms with Crippen LogP contribution in [0.1, 0.15) is 34.9 Å². The Morgan fingerprint density at radius 3 is 2.94 bits per heavy atom. The lowest BCUT2D eigenvalue weighted by Crippen LogP contribution is -2.24. The standard InChI is InChI=1S/C15H16ClNS/c16-15-9-8-12(18-15)10-17-14-7-3-5-11-4-1-2-6-13(11)14/h1-2,4,6,8-9,14,17H,3,5,7,10H2. The molecule has 1 aliphatic carbocycles. The average molecular weight is 278 g/mol. The van der Waals surface area contributed by atoms with E-state index in [1.54, 1.807) is 11.3 Å². The molecule has 1 unspecified atom stereocenters. The molecule has 0 aliphatic heterocycles. The molecule has 3 heteroatoms. The maximum Gasteiger partial charge on any atom is 0.0931 e. The lowest BCUT2D eigenvalue weighted by atomic mass is 9.88. The zero-order valence-electron chi connectivity index (χ0n) is 10.2. The predicted octanol–water partition coefficient (Wildman–Crippen LogP) is 4.57. The highest BCUT2D eigenvalue weighted by Crippen LogP contribution is 2.30. The monoisotopic (exact) mass is 277 g/mol. The van der Waals surface area contributed by atoms with Crippen LogP contribution in [0.15, 0.2) is 36.4 Å². The van der Waals surface area contributed by atoms with Gasteiger partial charge in [0.2, 0.25) is 0 Å². The number of benzene rings is 1. The van der Waals surface area contributed by atoms with Crippen LogP contribution in [0.2, 0.25) is 4.34 Å². The number of hydrogen-bond acceptors (Lipinski definition) is 2. The van der Waals surface area contributed by atoms with Gasteiger partial charge < -0.3 is 5.32 Å². The Morgan fingerprint density at radius 2 is 2.11 bits per heavy atom. The van der Waals surface area contributed by atoms with Crippen LogP contribution in [-0.2, 0) is 13.0 Å². The van der Waals surface area contributed by atoms with Gasteiger partial charge in [0.25, 0.3) is 0 Å². The van der Waals surface area contributed by atoms with Crippen LogP contribution >= 0.6 is 22.9 Å². The van der Waals surface area contributed by atoms with E-state index >= 15 is 0 Å². The average Bonchev–Trinajstić information content (AvgIpc) is 2.82. The fourth-order valence-corrected chi connectivity index (χ4v) is 3.67. The minimum absolute atomic E-state index is 0.496. The predicted molar refractivity (Wildman–Crippen MR) is 78.3 cm³/mol. The van der Waals surface area contributed by atoms with Crippen molar-refractivity contribution in [1.82, 2.24) is 5.32 Å². The van der Waals surface area contributed by atoms with Crippen molar-refractivity contribution in [1.29, 1.82) is 0 Å². The van der Waals surface area contributed by atoms with Gasteiger partial charge in [-0.15, -0.1) is 11.3 Å². The number of hydrogen-bond donors (Lipinski definition) is 1. The third kappa shape index (κ3) is 2.61. The van der Waals surface area contributed by atoms with Crippen LogP contribution in [0.4, 0.5) is 0 Å². The van der Waals surface area contributed by atoms with Gasteiger partial charge in [0.1, 0.15) is 0 Å². The largest absolute Gasteiger partial charge is 0.305 e. The summed E-state index contributed by atoms with van der Waals surface area (Å²) in [6.45, 7) is 0.913. The van der Waals surface area contributed by atoms with Crippen LogP contribution in [-0.4, -0.2) is 0 Å². The maximum atomic E-state index is 5.95. The third-order valence-corrected chi connectivity index (χ3v) is 4.75. The van der Waals surface area contributed by atoms with E-state index < -0.39 is 0 Å². The van der Waals surface area contributed by atoms with Crippen molar-refractivity contribution >= 4 is 22.9 Å². The third-order valence-electron chi connectivity index (χ3n) is 3.52. The molecule has 3 rings (SSSR count). The summed E-state index contributed by atoms with van der Waals surface area (Å²) in [6.07, 6.45) is 3.73. The SMILES string of the molecule is Clc1ccc(CNC2CCCc3ccccc32)s1. The van der Waals surface area contributed by atoms with E-state index in [4.69, 9.17) is 11.6 Å². The van der Waals surface area contributed by atoms with E-state index in [1.807, 2.05) is 6.07 Å². The highest BCUT2D eigenvalue weighted by molar-refractivity contribution is 7.16. The first-order valence-corrected chi connectivity index (χ1v) is 7.58. The molecule has 0 amide bonds. The van der Waals surface area contributed by atoms with Crippen molar-refractivity contribution < 1.29 is 0 Å². The summed E-state index contributed by atoms with van der Waals surface area (Å²) >= 11 is 7.61. The van der Waals surface area contributed by atoms with E-state index in [9.17, 15) is 0 Å². The van der Waals surface area contributed by atoms with Crippen LogP contribution in [0, 0.1) is 0 Å². The molecule has 1 N–H and O–H groups in total. The number of rotatable bonds is 3. The molecule has 0 saturated carbocycles. The molecule has 1 heterocycles. The van der Waals surface area contributed by atoms with Gasteiger partial charge >= 0.3 is 0 Å². The zero-order chi connectivity index (χ0) is 12.4. The van der Waals surface area contributed by atoms with E-state index in [1.165, 1.54) is 35.3 Å². The molecule has 1 atom stereocenters. The smallest absolute Gasteiger partial charge is 0.0931 e. The Labute approximate surface area is 117 Å². The number of nitrogens with one attached hydrogen (secondary N) is 1. The van der Waals surface area contributed by atoms with Crippen molar-refractivity contribution in [2.75, 3.05) is 0 Å². The molecule has 2 aromatic rings. The van der Waals surface area contributed by atoms with Crippen LogP contribution in [0.3, 0.4) is 0 Å². The number of fused-ring (bicyclic) bond motifs is 1. The second kappa shape index (κ2) is 5.43. The molecule has 18 heavy (non-hydrogen) atoms. The van der Waals surface area contributed by atoms with Crippen molar-refractivity contribution in [2.45, 2.75) is 31.8 Å². The second-order valence-electron chi connectivity index (χ2n) is 4.73. The quantitative estimate of drug-likeness (QED) is 0.867. The Hall–Kier alpha value is -0.830. The fourth-order valence-electron chi connectivity index (χ4n) is 2.64. The Morgan fingerprint density at radius 1 is 1.22 bits per heavy atom. The van der Waals surface area contributed by atoms with Crippen LogP contribution in [0.5, 0.6) is 0 Å². The molecule has 0 radical (unpaired) electrons. The molecule has 1 aromatic carbocycles. The Bertz CT molecular complexity index is 535. The first kappa shape index (κ1) is 12.2. The van der Waals surface area contributed by atoms with Crippen molar-refractivity contribution in [3.8, 4) is 0 Å². The second-order valence-corrected chi connectivity index (χ2v) is 6.53. The molecule has 94 valence electrons. The summed E-state index contributed by atoms with van der Waals surface area (Å²) in [7, 11) is 0. The molecule has 1 aliphatic rings. The van der Waals surface area contributed by atoms with Gasteiger partial charge in [0.15, 0.2) is 0 Å². The summed E-state index contributed by atoms with van der Waals surface area (Å²) in [5, 5.41) is 3.66. The van der Waals surface area contributed by atoms with Crippen LogP contribution in [0.25, 0.3) is 0 Å². The van der Waals surface area contributed by atoms with E-state index in [0.29, 0.717) is 6.04 Å². The molecular formula is C15H16ClNS. The van der Waals surface area contributed by atoms with Gasteiger partial charge in [-0.3, -0.25) is 0 Å². The molecule has 0 spiro atoms. The van der Waals surface area contributed by atoms with Crippen molar-refractivity contribution in [2.24, 2.45) is 0 Å². The summed E-state index contributed by atoms with van der Waals surface area (Å²) < 4.78 is 0.871. The van der Waals surface area contributed by atoms with Gasteiger partial charge in [-0.05, 0) is 42.5 Å². The van der Waals surface area contributed by atoms with Crippen molar-refractivity contribution in [3.05, 3.63) is 56.7 Å². The van der Waals surface area contributed by atoms with E-state index in [2.05, 4.69) is 35.6 Å². The summed E-state index contributed by atoms with van der Waals surface area (Å²) in [5.74, 6) is 0. The summed E-state index contributed by atoms with van der Waals surface area (Å²) in [4.78, 5) is 1.31. The first-order chi connectivity index (χ1) is 8.83. The molecule has 1 nitrogen and oxygen atoms in total. The molecule has 1 aromatic heterocycles. The highest BCUT2D eigenvalue weighted by atomic mass is 35.5. The van der Waals surface area contributed by atoms with Crippen molar-refractivity contribution in [3.63, 3.8) is 0 Å². The van der Waals surface area contributed by atoms with Gasteiger partial charge in [0, 0.05) is 17.5 Å².